The molecule has 0 aliphatic carbocycles. The van der Waals surface area contributed by atoms with E-state index in [-0.39, 0.29) is 12.5 Å². The van der Waals surface area contributed by atoms with Crippen LogP contribution >= 0.6 is 0 Å². The van der Waals surface area contributed by atoms with Gasteiger partial charge >= 0.3 is 0 Å². The molecule has 0 bridgehead atoms. The number of benzene rings is 2. The van der Waals surface area contributed by atoms with Gasteiger partial charge in [-0.2, -0.15) is 0 Å². The van der Waals surface area contributed by atoms with E-state index in [1.807, 2.05) is 26.0 Å². The maximum Gasteiger partial charge on any atom is 0.262 e. The number of nitrogens with one attached hydrogen (secondary N) is 1. The third-order valence-corrected chi connectivity index (χ3v) is 4.57. The van der Waals surface area contributed by atoms with E-state index >= 15 is 0 Å². The summed E-state index contributed by atoms with van der Waals surface area (Å²) in [7, 11) is 0. The Kier molecular flexibility index (Phi) is 5.27. The third kappa shape index (κ3) is 4.32. The van der Waals surface area contributed by atoms with Crippen molar-refractivity contribution in [3.05, 3.63) is 53.1 Å². The summed E-state index contributed by atoms with van der Waals surface area (Å²) in [5.74, 6) is 0.651. The summed E-state index contributed by atoms with van der Waals surface area (Å²) in [5.41, 5.74) is 5.33. The highest BCUT2D eigenvalue weighted by molar-refractivity contribution is 5.92. The number of hydrogen-bond acceptors (Lipinski definition) is 3. The van der Waals surface area contributed by atoms with Gasteiger partial charge in [0, 0.05) is 24.5 Å². The zero-order valence-electron chi connectivity index (χ0n) is 15.3. The Hall–Kier alpha value is -2.49. The van der Waals surface area contributed by atoms with Crippen molar-refractivity contribution in [3.8, 4) is 5.75 Å². The number of ether oxygens (including phenoxy) is 1. The molecule has 0 atom stereocenters. The zero-order chi connectivity index (χ0) is 17.8. The van der Waals surface area contributed by atoms with E-state index in [0.29, 0.717) is 0 Å². The molecule has 3 rings (SSSR count). The monoisotopic (exact) mass is 338 g/mol. The van der Waals surface area contributed by atoms with E-state index in [4.69, 9.17) is 4.74 Å². The molecule has 132 valence electrons. The van der Waals surface area contributed by atoms with Crippen LogP contribution in [0.3, 0.4) is 0 Å². The number of amides is 1. The number of carbonyl (C=O) groups is 1. The Morgan fingerprint density at radius 2 is 1.64 bits per heavy atom. The Morgan fingerprint density at radius 1 is 1.04 bits per heavy atom. The lowest BCUT2D eigenvalue weighted by Gasteiger charge is -2.18. The molecule has 0 saturated carbocycles. The summed E-state index contributed by atoms with van der Waals surface area (Å²) in [6, 6.07) is 12.2. The van der Waals surface area contributed by atoms with Gasteiger partial charge in [-0.25, -0.2) is 0 Å². The fourth-order valence-corrected chi connectivity index (χ4v) is 3.46. The molecule has 0 unspecified atom stereocenters. The van der Waals surface area contributed by atoms with Crippen LogP contribution in [0.4, 0.5) is 11.4 Å². The molecule has 1 saturated heterocycles. The van der Waals surface area contributed by atoms with Crippen molar-refractivity contribution in [3.63, 3.8) is 0 Å². The molecule has 1 fully saturated rings. The molecule has 2 aromatic rings. The van der Waals surface area contributed by atoms with Crippen LogP contribution in [0.5, 0.6) is 5.75 Å². The van der Waals surface area contributed by atoms with Gasteiger partial charge in [0.1, 0.15) is 5.75 Å². The Bertz CT molecular complexity index is 724. The number of hydrogen-bond donors (Lipinski definition) is 1. The highest BCUT2D eigenvalue weighted by Crippen LogP contribution is 2.25. The van der Waals surface area contributed by atoms with Crippen molar-refractivity contribution in [1.82, 2.24) is 0 Å². The lowest BCUT2D eigenvalue weighted by atomic mass is 10.1. The Balaban J connectivity index is 1.56. The maximum absolute atomic E-state index is 12.2. The summed E-state index contributed by atoms with van der Waals surface area (Å²) in [6.45, 7) is 8.32. The highest BCUT2D eigenvalue weighted by Gasteiger charge is 2.12. The molecule has 25 heavy (non-hydrogen) atoms. The summed E-state index contributed by atoms with van der Waals surface area (Å²) in [4.78, 5) is 14.5. The molecule has 4 nitrogen and oxygen atoms in total. The van der Waals surface area contributed by atoms with Crippen molar-refractivity contribution < 1.29 is 9.53 Å². The van der Waals surface area contributed by atoms with Crippen LogP contribution < -0.4 is 15.0 Å². The molecule has 1 heterocycles. The topological polar surface area (TPSA) is 41.6 Å². The SMILES string of the molecule is Cc1cc(C)c(OCC(=O)Nc2ccc(N3CCCC3)cc2)c(C)c1. The predicted molar refractivity (Wildman–Crippen MR) is 103 cm³/mol. The first-order valence-electron chi connectivity index (χ1n) is 8.88. The molecular formula is C21H26N2O2. The number of nitrogens with zero attached hydrogens (tertiary/aromatic N) is 1. The van der Waals surface area contributed by atoms with Gasteiger partial charge in [0.05, 0.1) is 0 Å². The fraction of sp³-hybridized carbons (Fsp3) is 0.381. The number of carbonyl (C=O) groups excluding carboxylic acids is 1. The minimum atomic E-state index is -0.145. The molecule has 1 amide bonds. The van der Waals surface area contributed by atoms with Crippen molar-refractivity contribution in [2.45, 2.75) is 33.6 Å². The number of anilines is 2. The summed E-state index contributed by atoms with van der Waals surface area (Å²) < 4.78 is 5.74. The van der Waals surface area contributed by atoms with Gasteiger partial charge in [-0.1, -0.05) is 17.7 Å². The fourth-order valence-electron chi connectivity index (χ4n) is 3.46. The maximum atomic E-state index is 12.2. The second-order valence-corrected chi connectivity index (χ2v) is 6.81. The number of rotatable bonds is 5. The van der Waals surface area contributed by atoms with Gasteiger partial charge < -0.3 is 15.0 Å². The average Bonchev–Trinajstić information content (AvgIpc) is 3.09. The average molecular weight is 338 g/mol. The molecule has 1 N–H and O–H groups in total. The predicted octanol–water partition coefficient (Wildman–Crippen LogP) is 4.23. The van der Waals surface area contributed by atoms with Crippen LogP contribution in [0.15, 0.2) is 36.4 Å². The molecular weight excluding hydrogens is 312 g/mol. The van der Waals surface area contributed by atoms with Gasteiger partial charge in [0.25, 0.3) is 5.91 Å². The van der Waals surface area contributed by atoms with E-state index in [1.54, 1.807) is 0 Å². The van der Waals surface area contributed by atoms with Gasteiger partial charge in [0.2, 0.25) is 0 Å². The first-order valence-corrected chi connectivity index (χ1v) is 8.88. The molecule has 2 aromatic carbocycles. The van der Waals surface area contributed by atoms with Crippen LogP contribution in [0.2, 0.25) is 0 Å². The van der Waals surface area contributed by atoms with Gasteiger partial charge in [0.15, 0.2) is 6.61 Å². The van der Waals surface area contributed by atoms with E-state index < -0.39 is 0 Å². The standard InChI is InChI=1S/C21H26N2O2/c1-15-12-16(2)21(17(3)13-15)25-14-20(24)22-18-6-8-19(9-7-18)23-10-4-5-11-23/h6-9,12-13H,4-5,10-11,14H2,1-3H3,(H,22,24). The Labute approximate surface area is 149 Å². The summed E-state index contributed by atoms with van der Waals surface area (Å²) >= 11 is 0. The minimum Gasteiger partial charge on any atom is -0.483 e. The van der Waals surface area contributed by atoms with Crippen LogP contribution in [-0.2, 0) is 4.79 Å². The minimum absolute atomic E-state index is 0.0125. The van der Waals surface area contributed by atoms with Crippen LogP contribution in [0.1, 0.15) is 29.5 Å². The lowest BCUT2D eigenvalue weighted by Crippen LogP contribution is -2.21. The first kappa shape index (κ1) is 17.3. The third-order valence-electron chi connectivity index (χ3n) is 4.57. The largest absolute Gasteiger partial charge is 0.483 e. The first-order chi connectivity index (χ1) is 12.0. The molecule has 0 spiro atoms. The highest BCUT2D eigenvalue weighted by atomic mass is 16.5. The molecule has 0 aromatic heterocycles. The van der Waals surface area contributed by atoms with Crippen molar-refractivity contribution >= 4 is 17.3 Å². The van der Waals surface area contributed by atoms with Crippen LogP contribution in [0.25, 0.3) is 0 Å². The van der Waals surface area contributed by atoms with Crippen LogP contribution in [0, 0.1) is 20.8 Å². The quantitative estimate of drug-likeness (QED) is 0.887. The van der Waals surface area contributed by atoms with E-state index in [1.165, 1.54) is 24.1 Å². The second kappa shape index (κ2) is 7.60. The zero-order valence-corrected chi connectivity index (χ0v) is 15.3. The lowest BCUT2D eigenvalue weighted by molar-refractivity contribution is -0.118. The van der Waals surface area contributed by atoms with E-state index in [9.17, 15) is 4.79 Å². The summed E-state index contributed by atoms with van der Waals surface area (Å²) in [6.07, 6.45) is 2.52. The van der Waals surface area contributed by atoms with Gasteiger partial charge in [-0.15, -0.1) is 0 Å². The van der Waals surface area contributed by atoms with Crippen LogP contribution in [-0.4, -0.2) is 25.6 Å². The van der Waals surface area contributed by atoms with E-state index in [0.717, 1.165) is 35.7 Å². The van der Waals surface area contributed by atoms with Gasteiger partial charge in [-0.05, 0) is 69.0 Å². The number of aryl methyl sites for hydroxylation is 3. The van der Waals surface area contributed by atoms with E-state index in [2.05, 4.69) is 41.4 Å². The Morgan fingerprint density at radius 3 is 2.24 bits per heavy atom. The molecule has 4 heteroatoms. The van der Waals surface area contributed by atoms with Crippen molar-refractivity contribution in [1.29, 1.82) is 0 Å². The second-order valence-electron chi connectivity index (χ2n) is 6.81. The molecule has 0 radical (unpaired) electrons. The summed E-state index contributed by atoms with van der Waals surface area (Å²) in [5, 5.41) is 2.90. The van der Waals surface area contributed by atoms with Crippen molar-refractivity contribution in [2.24, 2.45) is 0 Å². The van der Waals surface area contributed by atoms with Crippen molar-refractivity contribution in [2.75, 3.05) is 29.9 Å². The molecule has 1 aliphatic heterocycles. The normalized spacial score (nSPS) is 13.8. The molecule has 1 aliphatic rings. The van der Waals surface area contributed by atoms with Gasteiger partial charge in [-0.3, -0.25) is 4.79 Å². The smallest absolute Gasteiger partial charge is 0.262 e.